The Morgan fingerprint density at radius 3 is 3.25 bits per heavy atom. The van der Waals surface area contributed by atoms with Crippen LogP contribution in [0.15, 0.2) is 17.4 Å². The molecule has 0 aliphatic carbocycles. The van der Waals surface area contributed by atoms with Crippen LogP contribution in [0.3, 0.4) is 0 Å². The highest BCUT2D eigenvalue weighted by molar-refractivity contribution is 7.80. The number of halogens is 1. The van der Waals surface area contributed by atoms with Gasteiger partial charge in [0.25, 0.3) is 0 Å². The highest BCUT2D eigenvalue weighted by Gasteiger charge is 2.19. The van der Waals surface area contributed by atoms with Crippen LogP contribution in [0.5, 0.6) is 5.75 Å². The van der Waals surface area contributed by atoms with E-state index in [-0.39, 0.29) is 5.11 Å². The Hall–Kier alpha value is -1.76. The lowest BCUT2D eigenvalue weighted by molar-refractivity contribution is 0.316. The normalized spacial score (nSPS) is 16.4. The van der Waals surface area contributed by atoms with Crippen molar-refractivity contribution in [3.63, 3.8) is 0 Å². The van der Waals surface area contributed by atoms with Crippen molar-refractivity contribution in [3.05, 3.63) is 23.8 Å². The highest BCUT2D eigenvalue weighted by atomic mass is 32.1. The molecule has 0 radical (unpaired) electrons. The fraction of sp³-hybridized carbons (Fsp3) is 0.222. The Kier molecular flexibility index (Phi) is 2.95. The van der Waals surface area contributed by atoms with Crippen molar-refractivity contribution in [2.24, 2.45) is 10.8 Å². The van der Waals surface area contributed by atoms with Crippen LogP contribution in [0.25, 0.3) is 0 Å². The number of hydrazone groups is 1. The Morgan fingerprint density at radius 1 is 1.69 bits per heavy atom. The standard InChI is InChI=1S/C9H9FN4OS/c10-5-3-7-8(12-4-5)6(1-2-15-7)13-14-9(11)16/h3-4H,1-2H2,(H3,11,14,16)/b13-6-. The fourth-order valence-corrected chi connectivity index (χ4v) is 1.40. The van der Waals surface area contributed by atoms with E-state index in [1.807, 2.05) is 0 Å². The number of pyridine rings is 1. The van der Waals surface area contributed by atoms with E-state index in [1.54, 1.807) is 0 Å². The average molecular weight is 240 g/mol. The lowest BCUT2D eigenvalue weighted by atomic mass is 10.1. The van der Waals surface area contributed by atoms with Crippen LogP contribution in [0.4, 0.5) is 4.39 Å². The van der Waals surface area contributed by atoms with E-state index in [1.165, 1.54) is 6.07 Å². The monoisotopic (exact) mass is 240 g/mol. The molecule has 0 atom stereocenters. The number of thiocarbonyl (C=S) groups is 1. The number of hydrogen-bond donors (Lipinski definition) is 2. The first-order chi connectivity index (χ1) is 7.66. The van der Waals surface area contributed by atoms with Gasteiger partial charge in [-0.1, -0.05) is 0 Å². The van der Waals surface area contributed by atoms with Crippen LogP contribution in [0.1, 0.15) is 12.1 Å². The molecule has 3 N–H and O–H groups in total. The average Bonchev–Trinajstić information content (AvgIpc) is 2.25. The summed E-state index contributed by atoms with van der Waals surface area (Å²) in [6, 6.07) is 1.28. The minimum absolute atomic E-state index is 0.0719. The lowest BCUT2D eigenvalue weighted by Gasteiger charge is -2.17. The third-order valence-corrected chi connectivity index (χ3v) is 2.08. The first kappa shape index (κ1) is 10.7. The summed E-state index contributed by atoms with van der Waals surface area (Å²) >= 11 is 4.63. The van der Waals surface area contributed by atoms with Crippen molar-refractivity contribution in [3.8, 4) is 5.75 Å². The number of nitrogens with one attached hydrogen (secondary N) is 1. The first-order valence-electron chi connectivity index (χ1n) is 4.57. The van der Waals surface area contributed by atoms with Gasteiger partial charge in [-0.05, 0) is 12.2 Å². The molecule has 1 aliphatic heterocycles. The summed E-state index contributed by atoms with van der Waals surface area (Å²) in [5.41, 5.74) is 8.89. The number of nitrogens with zero attached hydrogens (tertiary/aromatic N) is 2. The Morgan fingerprint density at radius 2 is 2.50 bits per heavy atom. The SMILES string of the molecule is NC(=S)N/N=C1/CCOc2cc(F)cnc21. The molecule has 0 unspecified atom stereocenters. The van der Waals surface area contributed by atoms with Gasteiger partial charge in [0.2, 0.25) is 0 Å². The van der Waals surface area contributed by atoms with Crippen molar-refractivity contribution in [1.29, 1.82) is 0 Å². The second-order valence-corrected chi connectivity index (χ2v) is 3.57. The van der Waals surface area contributed by atoms with E-state index in [0.717, 1.165) is 6.20 Å². The van der Waals surface area contributed by atoms with Gasteiger partial charge in [0.1, 0.15) is 17.3 Å². The fourth-order valence-electron chi connectivity index (χ4n) is 1.35. The first-order valence-corrected chi connectivity index (χ1v) is 4.98. The molecule has 5 nitrogen and oxygen atoms in total. The molecule has 16 heavy (non-hydrogen) atoms. The molecule has 0 bridgehead atoms. The van der Waals surface area contributed by atoms with Crippen LogP contribution >= 0.6 is 12.2 Å². The Labute approximate surface area is 96.5 Å². The maximum absolute atomic E-state index is 12.9. The van der Waals surface area contributed by atoms with E-state index in [2.05, 4.69) is 27.7 Å². The molecule has 84 valence electrons. The summed E-state index contributed by atoms with van der Waals surface area (Å²) in [7, 11) is 0. The number of rotatable bonds is 1. The van der Waals surface area contributed by atoms with Gasteiger partial charge < -0.3 is 10.5 Å². The second kappa shape index (κ2) is 4.40. The topological polar surface area (TPSA) is 72.5 Å². The summed E-state index contributed by atoms with van der Waals surface area (Å²) < 4.78 is 18.2. The van der Waals surface area contributed by atoms with E-state index >= 15 is 0 Å². The zero-order valence-electron chi connectivity index (χ0n) is 8.24. The molecule has 1 aromatic rings. The molecule has 2 heterocycles. The summed E-state index contributed by atoms with van der Waals surface area (Å²) in [6.07, 6.45) is 1.69. The Balaban J connectivity index is 2.33. The van der Waals surface area contributed by atoms with Crippen molar-refractivity contribution >= 4 is 23.0 Å². The molecule has 0 amide bonds. The minimum Gasteiger partial charge on any atom is -0.491 e. The van der Waals surface area contributed by atoms with Crippen molar-refractivity contribution in [1.82, 2.24) is 10.4 Å². The quantitative estimate of drug-likeness (QED) is 0.553. The van der Waals surface area contributed by atoms with Gasteiger partial charge in [-0.25, -0.2) is 9.37 Å². The smallest absolute Gasteiger partial charge is 0.184 e. The van der Waals surface area contributed by atoms with Crippen LogP contribution in [-0.2, 0) is 0 Å². The predicted octanol–water partition coefficient (Wildman–Crippen LogP) is 0.541. The second-order valence-electron chi connectivity index (χ2n) is 3.13. The van der Waals surface area contributed by atoms with Crippen LogP contribution < -0.4 is 15.9 Å². The van der Waals surface area contributed by atoms with Gasteiger partial charge in [0, 0.05) is 12.5 Å². The molecule has 2 rings (SSSR count). The number of aromatic nitrogens is 1. The van der Waals surface area contributed by atoms with E-state index in [4.69, 9.17) is 10.5 Å². The van der Waals surface area contributed by atoms with Gasteiger partial charge in [-0.15, -0.1) is 0 Å². The van der Waals surface area contributed by atoms with E-state index in [0.29, 0.717) is 30.2 Å². The molecule has 1 aromatic heterocycles. The summed E-state index contributed by atoms with van der Waals surface area (Å²) in [6.45, 7) is 0.427. The highest BCUT2D eigenvalue weighted by Crippen LogP contribution is 2.23. The van der Waals surface area contributed by atoms with Crippen molar-refractivity contribution < 1.29 is 9.13 Å². The van der Waals surface area contributed by atoms with Crippen LogP contribution in [-0.4, -0.2) is 22.4 Å². The summed E-state index contributed by atoms with van der Waals surface area (Å²) in [5.74, 6) is -0.0583. The summed E-state index contributed by atoms with van der Waals surface area (Å²) in [5, 5.41) is 4.06. The maximum Gasteiger partial charge on any atom is 0.184 e. The molecule has 0 spiro atoms. The molecular formula is C9H9FN4OS. The van der Waals surface area contributed by atoms with Crippen LogP contribution in [0, 0.1) is 5.82 Å². The maximum atomic E-state index is 12.9. The number of nitrogens with two attached hydrogens (primary N) is 1. The van der Waals surface area contributed by atoms with Crippen molar-refractivity contribution in [2.45, 2.75) is 6.42 Å². The summed E-state index contributed by atoms with van der Waals surface area (Å²) in [4.78, 5) is 3.92. The number of fused-ring (bicyclic) bond motifs is 1. The Bertz CT molecular complexity index is 463. The van der Waals surface area contributed by atoms with Gasteiger partial charge in [-0.3, -0.25) is 5.43 Å². The third kappa shape index (κ3) is 2.25. The molecule has 0 aromatic carbocycles. The zero-order chi connectivity index (χ0) is 11.5. The molecule has 0 fully saturated rings. The largest absolute Gasteiger partial charge is 0.491 e. The van der Waals surface area contributed by atoms with Gasteiger partial charge in [0.05, 0.1) is 18.5 Å². The van der Waals surface area contributed by atoms with Crippen LogP contribution in [0.2, 0.25) is 0 Å². The zero-order valence-corrected chi connectivity index (χ0v) is 9.05. The third-order valence-electron chi connectivity index (χ3n) is 1.99. The van der Waals surface area contributed by atoms with Gasteiger partial charge >= 0.3 is 0 Å². The number of hydrogen-bond acceptors (Lipinski definition) is 4. The predicted molar refractivity (Wildman–Crippen MR) is 60.8 cm³/mol. The van der Waals surface area contributed by atoms with Gasteiger partial charge in [0.15, 0.2) is 5.11 Å². The molecule has 1 aliphatic rings. The molecule has 7 heteroatoms. The van der Waals surface area contributed by atoms with Gasteiger partial charge in [-0.2, -0.15) is 5.10 Å². The van der Waals surface area contributed by atoms with E-state index < -0.39 is 5.82 Å². The molecular weight excluding hydrogens is 231 g/mol. The van der Waals surface area contributed by atoms with Crippen molar-refractivity contribution in [2.75, 3.05) is 6.61 Å². The lowest BCUT2D eigenvalue weighted by Crippen LogP contribution is -2.27. The number of ether oxygens (including phenoxy) is 1. The molecule has 0 saturated carbocycles. The van der Waals surface area contributed by atoms with E-state index in [9.17, 15) is 4.39 Å². The minimum atomic E-state index is -0.442. The molecule has 0 saturated heterocycles.